The second-order valence-corrected chi connectivity index (χ2v) is 7.39. The normalized spacial score (nSPS) is 17.6. The molecule has 3 heteroatoms. The molecule has 0 saturated heterocycles. The van der Waals surface area contributed by atoms with Crippen molar-refractivity contribution in [2.45, 2.75) is 26.7 Å². The fraction of sp³-hybridized carbons (Fsp3) is 0.308. The van der Waals surface area contributed by atoms with Gasteiger partial charge in [0.25, 0.3) is 0 Å². The average Bonchev–Trinajstić information content (AvgIpc) is 2.73. The summed E-state index contributed by atoms with van der Waals surface area (Å²) in [5.74, 6) is 0. The maximum atomic E-state index is 4.47. The van der Waals surface area contributed by atoms with Gasteiger partial charge < -0.3 is 0 Å². The summed E-state index contributed by atoms with van der Waals surface area (Å²) >= 11 is -1.32. The number of halogens is 2. The summed E-state index contributed by atoms with van der Waals surface area (Å²) in [7, 11) is 0. The first-order chi connectivity index (χ1) is 6.70. The van der Waals surface area contributed by atoms with E-state index in [1.54, 1.807) is 7.76 Å². The monoisotopic (exact) mass is 292 g/mol. The SMILES string of the molecule is Cl.Cl.[CH2]=[Ti]([C]1=C(C)C=CC1)[C]1=C(C)C=CC1. The zero-order chi connectivity index (χ0) is 10.1. The Bertz CT molecular complexity index is 374. The van der Waals surface area contributed by atoms with E-state index in [4.69, 9.17) is 0 Å². The van der Waals surface area contributed by atoms with Crippen LogP contribution in [0.1, 0.15) is 26.7 Å². The molecular weight excluding hydrogens is 275 g/mol. The van der Waals surface area contributed by atoms with Gasteiger partial charge in [-0.25, -0.2) is 0 Å². The van der Waals surface area contributed by atoms with Crippen LogP contribution in [-0.4, -0.2) is 4.82 Å². The van der Waals surface area contributed by atoms with Crippen LogP contribution in [0.3, 0.4) is 0 Å². The quantitative estimate of drug-likeness (QED) is 0.664. The van der Waals surface area contributed by atoms with Crippen molar-refractivity contribution in [3.8, 4) is 0 Å². The molecule has 0 atom stereocenters. The molecule has 0 fully saturated rings. The van der Waals surface area contributed by atoms with Crippen LogP contribution in [0.2, 0.25) is 0 Å². The van der Waals surface area contributed by atoms with E-state index >= 15 is 0 Å². The Morgan fingerprint density at radius 1 is 0.938 bits per heavy atom. The van der Waals surface area contributed by atoms with Crippen molar-refractivity contribution in [3.05, 3.63) is 43.2 Å². The summed E-state index contributed by atoms with van der Waals surface area (Å²) in [5.41, 5.74) is 2.98. The second-order valence-electron chi connectivity index (χ2n) is 4.01. The Kier molecular flexibility index (Phi) is 6.81. The summed E-state index contributed by atoms with van der Waals surface area (Å²) in [4.78, 5) is 4.47. The molecule has 0 radical (unpaired) electrons. The molecular formula is C13H18Cl2Ti. The van der Waals surface area contributed by atoms with Gasteiger partial charge in [0.05, 0.1) is 0 Å². The molecule has 0 bridgehead atoms. The van der Waals surface area contributed by atoms with Crippen LogP contribution in [-0.2, 0) is 17.4 Å². The van der Waals surface area contributed by atoms with Gasteiger partial charge in [-0.15, -0.1) is 24.8 Å². The molecule has 2 aliphatic rings. The number of rotatable bonds is 2. The average molecular weight is 293 g/mol. The molecule has 0 aromatic rings. The van der Waals surface area contributed by atoms with Crippen LogP contribution in [0.5, 0.6) is 0 Å². The summed E-state index contributed by atoms with van der Waals surface area (Å²) in [6, 6.07) is 0. The third kappa shape index (κ3) is 3.08. The zero-order valence-corrected chi connectivity index (χ0v) is 12.9. The molecule has 0 heterocycles. The van der Waals surface area contributed by atoms with Crippen molar-refractivity contribution < 1.29 is 17.4 Å². The Morgan fingerprint density at radius 3 is 1.56 bits per heavy atom. The van der Waals surface area contributed by atoms with Crippen molar-refractivity contribution in [1.29, 1.82) is 0 Å². The Morgan fingerprint density at radius 2 is 1.31 bits per heavy atom. The third-order valence-corrected chi connectivity index (χ3v) is 7.20. The molecule has 0 N–H and O–H groups in total. The predicted molar refractivity (Wildman–Crippen MR) is 74.5 cm³/mol. The van der Waals surface area contributed by atoms with Crippen molar-refractivity contribution >= 4 is 29.6 Å². The molecule has 0 amide bonds. The van der Waals surface area contributed by atoms with Crippen LogP contribution < -0.4 is 0 Å². The molecule has 0 spiro atoms. The van der Waals surface area contributed by atoms with E-state index in [2.05, 4.69) is 43.0 Å². The van der Waals surface area contributed by atoms with E-state index in [0.29, 0.717) is 0 Å². The molecule has 88 valence electrons. The molecule has 16 heavy (non-hydrogen) atoms. The molecule has 0 saturated carbocycles. The van der Waals surface area contributed by atoms with Crippen molar-refractivity contribution in [1.82, 2.24) is 0 Å². The standard InChI is InChI=1S/2C6H7.CH2.2ClH.Ti/c2*1-6-4-2-3-5-6;;;;/h2*2,4H,3H2,1H3;1H2;2*1H;. The zero-order valence-electron chi connectivity index (χ0n) is 9.75. The summed E-state index contributed by atoms with van der Waals surface area (Å²) in [6.45, 7) is 4.46. The molecule has 0 aromatic heterocycles. The van der Waals surface area contributed by atoms with Crippen molar-refractivity contribution in [3.63, 3.8) is 0 Å². The van der Waals surface area contributed by atoms with E-state index < -0.39 is 17.4 Å². The van der Waals surface area contributed by atoms with Crippen LogP contribution in [0.25, 0.3) is 0 Å². The van der Waals surface area contributed by atoms with Crippen LogP contribution >= 0.6 is 24.8 Å². The molecule has 0 nitrogen and oxygen atoms in total. The fourth-order valence-electron chi connectivity index (χ4n) is 2.13. The number of hydrogen-bond donors (Lipinski definition) is 0. The van der Waals surface area contributed by atoms with Gasteiger partial charge in [-0.1, -0.05) is 0 Å². The fourth-order valence-corrected chi connectivity index (χ4v) is 5.59. The third-order valence-electron chi connectivity index (χ3n) is 3.06. The van der Waals surface area contributed by atoms with Gasteiger partial charge in [-0.05, 0) is 0 Å². The van der Waals surface area contributed by atoms with Crippen LogP contribution in [0.4, 0.5) is 0 Å². The van der Waals surface area contributed by atoms with E-state index in [9.17, 15) is 0 Å². The Balaban J connectivity index is 0.00000112. The summed E-state index contributed by atoms with van der Waals surface area (Å²) < 4.78 is 3.34. The van der Waals surface area contributed by atoms with E-state index in [1.807, 2.05) is 0 Å². The first-order valence-corrected chi connectivity index (χ1v) is 7.79. The first-order valence-electron chi connectivity index (χ1n) is 5.12. The van der Waals surface area contributed by atoms with E-state index in [0.717, 1.165) is 0 Å². The van der Waals surface area contributed by atoms with Crippen molar-refractivity contribution in [2.24, 2.45) is 0 Å². The van der Waals surface area contributed by atoms with Gasteiger partial charge in [0.15, 0.2) is 0 Å². The van der Waals surface area contributed by atoms with Gasteiger partial charge in [0.1, 0.15) is 0 Å². The van der Waals surface area contributed by atoms with Gasteiger partial charge >= 0.3 is 92.1 Å². The molecule has 2 rings (SSSR count). The van der Waals surface area contributed by atoms with Gasteiger partial charge in [0.2, 0.25) is 0 Å². The Labute approximate surface area is 116 Å². The van der Waals surface area contributed by atoms with E-state index in [1.165, 1.54) is 24.0 Å². The van der Waals surface area contributed by atoms with Gasteiger partial charge in [-0.2, -0.15) is 0 Å². The molecule has 0 unspecified atom stereocenters. The van der Waals surface area contributed by atoms with E-state index in [-0.39, 0.29) is 24.8 Å². The van der Waals surface area contributed by atoms with Crippen molar-refractivity contribution in [2.75, 3.05) is 0 Å². The number of allylic oxidation sites excluding steroid dienone is 8. The van der Waals surface area contributed by atoms with Crippen LogP contribution in [0.15, 0.2) is 43.2 Å². The number of hydrogen-bond acceptors (Lipinski definition) is 0. The second kappa shape index (κ2) is 6.76. The predicted octanol–water partition coefficient (Wildman–Crippen LogP) is 4.35. The topological polar surface area (TPSA) is 0 Å². The molecule has 0 aromatic carbocycles. The van der Waals surface area contributed by atoms with Gasteiger partial charge in [-0.3, -0.25) is 0 Å². The molecule has 0 aliphatic heterocycles. The summed E-state index contributed by atoms with van der Waals surface area (Å²) in [5, 5.41) is 0. The minimum absolute atomic E-state index is 0. The van der Waals surface area contributed by atoms with Gasteiger partial charge in [0, 0.05) is 0 Å². The maximum absolute atomic E-state index is 4.47. The first kappa shape index (κ1) is 16.1. The Hall–Kier alpha value is 0.124. The molecule has 2 aliphatic carbocycles. The van der Waals surface area contributed by atoms with Crippen LogP contribution in [0, 0.1) is 0 Å². The summed E-state index contributed by atoms with van der Waals surface area (Å²) in [6.07, 6.45) is 11.4. The minimum atomic E-state index is -1.32.